The van der Waals surface area contributed by atoms with Gasteiger partial charge in [-0.1, -0.05) is 88.6 Å². The van der Waals surface area contributed by atoms with Gasteiger partial charge in [0, 0.05) is 62.3 Å². The van der Waals surface area contributed by atoms with E-state index in [0.29, 0.717) is 23.5 Å². The van der Waals surface area contributed by atoms with Crippen LogP contribution in [-0.4, -0.2) is 57.2 Å². The van der Waals surface area contributed by atoms with E-state index in [1.807, 2.05) is 88.3 Å². The number of amides is 1. The Labute approximate surface area is 281 Å². The first-order chi connectivity index (χ1) is 22.2. The number of alkyl halides is 2. The molecule has 0 bridgehead atoms. The summed E-state index contributed by atoms with van der Waals surface area (Å²) in [5.41, 5.74) is 14.4. The van der Waals surface area contributed by atoms with E-state index in [-0.39, 0.29) is 17.2 Å². The fraction of sp³-hybridized carbons (Fsp3) is 0.649. The van der Waals surface area contributed by atoms with Crippen molar-refractivity contribution < 1.29 is 18.3 Å². The van der Waals surface area contributed by atoms with Crippen molar-refractivity contribution >= 4 is 23.0 Å². The highest BCUT2D eigenvalue weighted by Gasteiger charge is 2.28. The lowest BCUT2D eigenvalue weighted by molar-refractivity contribution is 0.0183. The molecule has 3 rings (SSSR count). The number of halogens is 2. The van der Waals surface area contributed by atoms with Gasteiger partial charge in [0.05, 0.1) is 7.11 Å². The Balaban J connectivity index is -0.00000168. The molecule has 46 heavy (non-hydrogen) atoms. The summed E-state index contributed by atoms with van der Waals surface area (Å²) >= 11 is 0. The van der Waals surface area contributed by atoms with Crippen LogP contribution in [0.5, 0.6) is 5.75 Å². The van der Waals surface area contributed by atoms with Crippen LogP contribution in [-0.2, 0) is 12.3 Å². The van der Waals surface area contributed by atoms with Crippen LogP contribution >= 0.6 is 0 Å². The number of ether oxygens (including phenoxy) is 1. The van der Waals surface area contributed by atoms with E-state index in [9.17, 15) is 13.6 Å². The van der Waals surface area contributed by atoms with Gasteiger partial charge in [-0.2, -0.15) is 0 Å². The molecule has 1 heterocycles. The number of methoxy groups -OCH3 is 1. The number of nitrogens with one attached hydrogen (secondary N) is 1. The molecule has 2 aromatic rings. The number of carbonyl (C=O) groups is 1. The Hall–Kier alpha value is -3.07. The summed E-state index contributed by atoms with van der Waals surface area (Å²) in [6.07, 6.45) is 3.66. The number of nitrogens with two attached hydrogens (primary N) is 2. The molecule has 268 valence electrons. The van der Waals surface area contributed by atoms with Gasteiger partial charge in [0.15, 0.2) is 0 Å². The average molecular weight is 654 g/mol. The van der Waals surface area contributed by atoms with Crippen LogP contribution in [0.3, 0.4) is 0 Å². The van der Waals surface area contributed by atoms with Gasteiger partial charge < -0.3 is 26.4 Å². The number of hydrogen-bond donors (Lipinski definition) is 3. The van der Waals surface area contributed by atoms with Crippen LogP contribution in [0.1, 0.15) is 124 Å². The van der Waals surface area contributed by atoms with Gasteiger partial charge in [-0.25, -0.2) is 8.78 Å². The number of rotatable bonds is 11. The fourth-order valence-corrected chi connectivity index (χ4v) is 4.67. The van der Waals surface area contributed by atoms with E-state index in [0.717, 1.165) is 76.6 Å². The molecule has 5 N–H and O–H groups in total. The van der Waals surface area contributed by atoms with Crippen LogP contribution in [0, 0.1) is 0 Å². The number of anilines is 3. The summed E-state index contributed by atoms with van der Waals surface area (Å²) in [6, 6.07) is 8.54. The zero-order valence-corrected chi connectivity index (χ0v) is 31.6. The van der Waals surface area contributed by atoms with E-state index >= 15 is 0 Å². The van der Waals surface area contributed by atoms with E-state index in [1.165, 1.54) is 6.07 Å². The highest BCUT2D eigenvalue weighted by Crippen LogP contribution is 2.34. The Morgan fingerprint density at radius 3 is 1.89 bits per heavy atom. The molecule has 1 saturated heterocycles. The third kappa shape index (κ3) is 16.0. The first kappa shape index (κ1) is 47.3. The first-order valence-electron chi connectivity index (χ1n) is 17.6. The second-order valence-electron chi connectivity index (χ2n) is 9.38. The maximum Gasteiger partial charge on any atom is 0.272 e. The quantitative estimate of drug-likeness (QED) is 0.165. The predicted molar refractivity (Wildman–Crippen MR) is 199 cm³/mol. The second-order valence-corrected chi connectivity index (χ2v) is 9.38. The SMILES string of the molecule is CC.CC.CC.CC.CC.CCc1ccc(N)c(C(=O)NCCCCCN2CCN(c3ccc(N)c(C(C)(F)F)c3)CC2)c1OC. The highest BCUT2D eigenvalue weighted by atomic mass is 19.3. The van der Waals surface area contributed by atoms with Gasteiger partial charge in [0.1, 0.15) is 11.3 Å². The molecular formula is C37H69F2N5O2. The summed E-state index contributed by atoms with van der Waals surface area (Å²) < 4.78 is 33.1. The predicted octanol–water partition coefficient (Wildman–Crippen LogP) is 9.39. The van der Waals surface area contributed by atoms with Crippen molar-refractivity contribution in [3.63, 3.8) is 0 Å². The van der Waals surface area contributed by atoms with Gasteiger partial charge in [-0.05, 0) is 55.6 Å². The molecule has 7 nitrogen and oxygen atoms in total. The van der Waals surface area contributed by atoms with E-state index in [4.69, 9.17) is 16.2 Å². The number of carbonyl (C=O) groups excluding carboxylic acids is 1. The van der Waals surface area contributed by atoms with E-state index < -0.39 is 5.92 Å². The minimum Gasteiger partial charge on any atom is -0.496 e. The highest BCUT2D eigenvalue weighted by molar-refractivity contribution is 6.02. The minimum atomic E-state index is -2.96. The largest absolute Gasteiger partial charge is 0.496 e. The molecule has 1 aliphatic heterocycles. The molecular weight excluding hydrogens is 584 g/mol. The Bertz CT molecular complexity index is 1040. The number of unbranched alkanes of at least 4 members (excludes halogenated alkanes) is 2. The monoisotopic (exact) mass is 654 g/mol. The van der Waals surface area contributed by atoms with Gasteiger partial charge in [-0.15, -0.1) is 0 Å². The molecule has 9 heteroatoms. The number of aryl methyl sites for hydroxylation is 1. The Kier molecular flexibility index (Phi) is 29.0. The van der Waals surface area contributed by atoms with Crippen LogP contribution < -0.4 is 26.4 Å². The van der Waals surface area contributed by atoms with Gasteiger partial charge in [0.25, 0.3) is 11.8 Å². The number of nitrogens with zero attached hydrogens (tertiary/aromatic N) is 2. The second kappa shape index (κ2) is 28.2. The van der Waals surface area contributed by atoms with E-state index in [2.05, 4.69) is 15.1 Å². The molecule has 1 amide bonds. The van der Waals surface area contributed by atoms with Crippen molar-refractivity contribution in [1.29, 1.82) is 0 Å². The number of nitrogen functional groups attached to an aromatic ring is 2. The maximum absolute atomic E-state index is 13.8. The van der Waals surface area contributed by atoms with Crippen molar-refractivity contribution in [2.75, 3.05) is 62.7 Å². The summed E-state index contributed by atoms with van der Waals surface area (Å²) in [6.45, 7) is 27.8. The molecule has 0 aromatic heterocycles. The van der Waals surface area contributed by atoms with Crippen LogP contribution in [0.2, 0.25) is 0 Å². The molecule has 2 aromatic carbocycles. The number of benzene rings is 2. The van der Waals surface area contributed by atoms with Gasteiger partial charge in [-0.3, -0.25) is 9.69 Å². The minimum absolute atomic E-state index is 0.117. The van der Waals surface area contributed by atoms with Gasteiger partial charge >= 0.3 is 0 Å². The topological polar surface area (TPSA) is 96.9 Å². The number of piperazine rings is 1. The molecule has 1 aliphatic rings. The smallest absolute Gasteiger partial charge is 0.272 e. The maximum atomic E-state index is 13.8. The normalized spacial score (nSPS) is 12.1. The standard InChI is InChI=1S/C27H39F2N5O2.5C2H6/c1-4-19-8-10-23(31)24(25(19)36-3)26(35)32-12-6-5-7-13-33-14-16-34(17-15-33)20-9-11-22(30)21(18-20)27(2,28)29;5*1-2/h8-11,18H,4-7,12-17,30-31H2,1-3H3,(H,32,35);5*1-2H3. The summed E-state index contributed by atoms with van der Waals surface area (Å²) in [4.78, 5) is 17.2. The van der Waals surface area contributed by atoms with Crippen LogP contribution in [0.15, 0.2) is 30.3 Å². The van der Waals surface area contributed by atoms with Gasteiger partial charge in [0.2, 0.25) is 0 Å². The zero-order chi connectivity index (χ0) is 36.3. The third-order valence-electron chi connectivity index (χ3n) is 6.77. The van der Waals surface area contributed by atoms with Crippen LogP contribution in [0.4, 0.5) is 25.8 Å². The van der Waals surface area contributed by atoms with Crippen LogP contribution in [0.25, 0.3) is 0 Å². The average Bonchev–Trinajstić information content (AvgIpc) is 3.10. The molecule has 0 atom stereocenters. The first-order valence-corrected chi connectivity index (χ1v) is 17.6. The summed E-state index contributed by atoms with van der Waals surface area (Å²) in [7, 11) is 1.56. The van der Waals surface area contributed by atoms with Crippen molar-refractivity contribution in [3.05, 3.63) is 47.0 Å². The van der Waals surface area contributed by atoms with Crippen molar-refractivity contribution in [3.8, 4) is 5.75 Å². The van der Waals surface area contributed by atoms with Crippen molar-refractivity contribution in [2.24, 2.45) is 0 Å². The third-order valence-corrected chi connectivity index (χ3v) is 6.77. The summed E-state index contributed by atoms with van der Waals surface area (Å²) in [5, 5.41) is 2.97. The lowest BCUT2D eigenvalue weighted by Gasteiger charge is -2.36. The lowest BCUT2D eigenvalue weighted by atomic mass is 10.0. The molecule has 0 spiro atoms. The Morgan fingerprint density at radius 1 is 0.848 bits per heavy atom. The fourth-order valence-electron chi connectivity index (χ4n) is 4.67. The van der Waals surface area contributed by atoms with Crippen molar-refractivity contribution in [2.45, 2.75) is 115 Å². The van der Waals surface area contributed by atoms with E-state index in [1.54, 1.807) is 19.2 Å². The molecule has 0 unspecified atom stereocenters. The lowest BCUT2D eigenvalue weighted by Crippen LogP contribution is -2.46. The molecule has 1 fully saturated rings. The number of hydrogen-bond acceptors (Lipinski definition) is 6. The zero-order valence-electron chi connectivity index (χ0n) is 31.6. The molecule has 0 aliphatic carbocycles. The van der Waals surface area contributed by atoms with Crippen molar-refractivity contribution in [1.82, 2.24) is 10.2 Å². The molecule has 0 radical (unpaired) electrons. The Morgan fingerprint density at radius 2 is 1.39 bits per heavy atom. The molecule has 0 saturated carbocycles. The summed E-state index contributed by atoms with van der Waals surface area (Å²) in [5.74, 6) is -2.62.